The second-order valence-electron chi connectivity index (χ2n) is 6.48. The molecule has 23 heavy (non-hydrogen) atoms. The van der Waals surface area contributed by atoms with Crippen LogP contribution in [0, 0.1) is 10.1 Å². The van der Waals surface area contributed by atoms with Crippen molar-refractivity contribution in [1.29, 1.82) is 0 Å². The van der Waals surface area contributed by atoms with Crippen LogP contribution in [0.15, 0.2) is 18.2 Å². The normalized spacial score (nSPS) is 18.9. The Bertz CT molecular complexity index is 723. The SMILES string of the molecule is CC1(C)Cc2cc([N+](=O)[O-])c(C3=CCN(C(=O)O)CC3)cc2O1. The highest BCUT2D eigenvalue weighted by molar-refractivity contribution is 5.77. The molecule has 0 radical (unpaired) electrons. The van der Waals surface area contributed by atoms with Crippen molar-refractivity contribution in [2.24, 2.45) is 0 Å². The van der Waals surface area contributed by atoms with Crippen LogP contribution in [-0.2, 0) is 6.42 Å². The number of amides is 1. The lowest BCUT2D eigenvalue weighted by molar-refractivity contribution is -0.385. The van der Waals surface area contributed by atoms with Gasteiger partial charge in [0.25, 0.3) is 5.69 Å². The summed E-state index contributed by atoms with van der Waals surface area (Å²) >= 11 is 0. The van der Waals surface area contributed by atoms with E-state index >= 15 is 0 Å². The molecule has 1 N–H and O–H groups in total. The summed E-state index contributed by atoms with van der Waals surface area (Å²) < 4.78 is 5.87. The highest BCUT2D eigenvalue weighted by Crippen LogP contribution is 2.41. The summed E-state index contributed by atoms with van der Waals surface area (Å²) in [5.74, 6) is 0.678. The first kappa shape index (κ1) is 15.3. The molecule has 0 saturated heterocycles. The highest BCUT2D eigenvalue weighted by Gasteiger charge is 2.33. The molecule has 0 aliphatic carbocycles. The van der Waals surface area contributed by atoms with Crippen LogP contribution in [0.2, 0.25) is 0 Å². The molecule has 0 saturated carbocycles. The number of fused-ring (bicyclic) bond motifs is 1. The summed E-state index contributed by atoms with van der Waals surface area (Å²) in [4.78, 5) is 23.3. The first-order chi connectivity index (χ1) is 10.8. The van der Waals surface area contributed by atoms with Gasteiger partial charge in [-0.1, -0.05) is 6.08 Å². The van der Waals surface area contributed by atoms with E-state index in [4.69, 9.17) is 9.84 Å². The molecular weight excluding hydrogens is 300 g/mol. The summed E-state index contributed by atoms with van der Waals surface area (Å²) in [7, 11) is 0. The number of ether oxygens (including phenoxy) is 1. The molecule has 0 atom stereocenters. The number of benzene rings is 1. The minimum atomic E-state index is -0.978. The number of nitro groups is 1. The van der Waals surface area contributed by atoms with Gasteiger partial charge in [-0.05, 0) is 31.9 Å². The Labute approximate surface area is 133 Å². The van der Waals surface area contributed by atoms with E-state index in [0.717, 1.165) is 11.1 Å². The molecule has 2 aliphatic heterocycles. The van der Waals surface area contributed by atoms with Crippen LogP contribution in [0.1, 0.15) is 31.4 Å². The van der Waals surface area contributed by atoms with Crippen LogP contribution in [0.3, 0.4) is 0 Å². The Kier molecular flexibility index (Phi) is 3.50. The van der Waals surface area contributed by atoms with Gasteiger partial charge >= 0.3 is 6.09 Å². The number of rotatable bonds is 2. The average molecular weight is 318 g/mol. The van der Waals surface area contributed by atoms with Crippen LogP contribution in [-0.4, -0.2) is 39.7 Å². The van der Waals surface area contributed by atoms with Gasteiger partial charge in [-0.2, -0.15) is 0 Å². The van der Waals surface area contributed by atoms with Gasteiger partial charge < -0.3 is 14.7 Å². The highest BCUT2D eigenvalue weighted by atomic mass is 16.6. The first-order valence-corrected chi connectivity index (χ1v) is 7.44. The van der Waals surface area contributed by atoms with E-state index in [-0.39, 0.29) is 22.8 Å². The zero-order valence-electron chi connectivity index (χ0n) is 13.0. The first-order valence-electron chi connectivity index (χ1n) is 7.44. The number of nitro benzene ring substituents is 1. The maximum atomic E-state index is 11.4. The Morgan fingerprint density at radius 2 is 2.17 bits per heavy atom. The number of carbonyl (C=O) groups is 1. The molecule has 0 aromatic heterocycles. The maximum absolute atomic E-state index is 11.4. The largest absolute Gasteiger partial charge is 0.487 e. The predicted octanol–water partition coefficient (Wildman–Crippen LogP) is 3.08. The smallest absolute Gasteiger partial charge is 0.407 e. The molecule has 0 fully saturated rings. The Balaban J connectivity index is 2.00. The van der Waals surface area contributed by atoms with E-state index in [1.165, 1.54) is 4.90 Å². The molecule has 1 amide bonds. The van der Waals surface area contributed by atoms with Crippen molar-refractivity contribution in [1.82, 2.24) is 4.90 Å². The fourth-order valence-corrected chi connectivity index (χ4v) is 3.13. The van der Waals surface area contributed by atoms with Crippen LogP contribution in [0.5, 0.6) is 5.75 Å². The summed E-state index contributed by atoms with van der Waals surface area (Å²) in [5, 5.41) is 20.4. The van der Waals surface area contributed by atoms with Crippen molar-refractivity contribution in [3.63, 3.8) is 0 Å². The molecule has 0 unspecified atom stereocenters. The molecule has 0 bridgehead atoms. The van der Waals surface area contributed by atoms with Crippen LogP contribution < -0.4 is 4.74 Å². The zero-order chi connectivity index (χ0) is 16.8. The molecule has 7 heteroatoms. The predicted molar refractivity (Wildman–Crippen MR) is 83.7 cm³/mol. The average Bonchev–Trinajstić information content (AvgIpc) is 2.78. The zero-order valence-corrected chi connectivity index (χ0v) is 13.0. The van der Waals surface area contributed by atoms with Crippen molar-refractivity contribution < 1.29 is 19.6 Å². The van der Waals surface area contributed by atoms with Gasteiger partial charge in [0.1, 0.15) is 11.4 Å². The standard InChI is InChI=1S/C16H18N2O5/c1-16(2)9-11-7-13(18(21)22)12(8-14(11)23-16)10-3-5-17(6-4-10)15(19)20/h3,7-8H,4-6,9H2,1-2H3,(H,19,20). The van der Waals surface area contributed by atoms with Crippen LogP contribution in [0.4, 0.5) is 10.5 Å². The Morgan fingerprint density at radius 1 is 1.43 bits per heavy atom. The van der Waals surface area contributed by atoms with Gasteiger partial charge in [-0.15, -0.1) is 0 Å². The fourth-order valence-electron chi connectivity index (χ4n) is 3.13. The molecular formula is C16H18N2O5. The summed E-state index contributed by atoms with van der Waals surface area (Å²) in [6.07, 6.45) is 1.85. The van der Waals surface area contributed by atoms with Gasteiger partial charge in [0.2, 0.25) is 0 Å². The Hall–Kier alpha value is -2.57. The molecule has 1 aromatic rings. The number of hydrogen-bond donors (Lipinski definition) is 1. The summed E-state index contributed by atoms with van der Waals surface area (Å²) in [6.45, 7) is 4.47. The van der Waals surface area contributed by atoms with Gasteiger partial charge in [0.15, 0.2) is 0 Å². The van der Waals surface area contributed by atoms with Crippen molar-refractivity contribution in [3.05, 3.63) is 39.4 Å². The van der Waals surface area contributed by atoms with Crippen molar-refractivity contribution >= 4 is 17.4 Å². The van der Waals surface area contributed by atoms with Gasteiger partial charge in [-0.3, -0.25) is 10.1 Å². The van der Waals surface area contributed by atoms with Gasteiger partial charge in [-0.25, -0.2) is 4.79 Å². The van der Waals surface area contributed by atoms with E-state index in [0.29, 0.717) is 30.7 Å². The minimum Gasteiger partial charge on any atom is -0.487 e. The van der Waals surface area contributed by atoms with E-state index in [9.17, 15) is 14.9 Å². The molecule has 7 nitrogen and oxygen atoms in total. The summed E-state index contributed by atoms with van der Waals surface area (Å²) in [5.41, 5.74) is 1.85. The number of carboxylic acid groups (broad SMARTS) is 1. The lowest BCUT2D eigenvalue weighted by atomic mass is 9.94. The van der Waals surface area contributed by atoms with Crippen LogP contribution in [0.25, 0.3) is 5.57 Å². The second-order valence-corrected chi connectivity index (χ2v) is 6.48. The van der Waals surface area contributed by atoms with E-state index < -0.39 is 6.09 Å². The molecule has 1 aromatic carbocycles. The van der Waals surface area contributed by atoms with Crippen molar-refractivity contribution in [2.45, 2.75) is 32.3 Å². The molecule has 122 valence electrons. The third kappa shape index (κ3) is 2.86. The molecule has 2 aliphatic rings. The van der Waals surface area contributed by atoms with Crippen LogP contribution >= 0.6 is 0 Å². The van der Waals surface area contributed by atoms with E-state index in [1.54, 1.807) is 18.2 Å². The number of hydrogen-bond acceptors (Lipinski definition) is 4. The maximum Gasteiger partial charge on any atom is 0.407 e. The summed E-state index contributed by atoms with van der Waals surface area (Å²) in [6, 6.07) is 3.31. The molecule has 2 heterocycles. The lowest BCUT2D eigenvalue weighted by Gasteiger charge is -2.24. The number of nitrogens with zero attached hydrogens (tertiary/aromatic N) is 2. The Morgan fingerprint density at radius 3 is 2.74 bits per heavy atom. The minimum absolute atomic E-state index is 0.0556. The van der Waals surface area contributed by atoms with Gasteiger partial charge in [0, 0.05) is 31.1 Å². The van der Waals surface area contributed by atoms with E-state index in [1.807, 2.05) is 13.8 Å². The quantitative estimate of drug-likeness (QED) is 0.668. The molecule has 0 spiro atoms. The van der Waals surface area contributed by atoms with Crippen molar-refractivity contribution in [2.75, 3.05) is 13.1 Å². The molecule has 3 rings (SSSR count). The second kappa shape index (κ2) is 5.26. The topological polar surface area (TPSA) is 92.9 Å². The van der Waals surface area contributed by atoms with Gasteiger partial charge in [0.05, 0.1) is 10.5 Å². The monoisotopic (exact) mass is 318 g/mol. The lowest BCUT2D eigenvalue weighted by Crippen LogP contribution is -2.33. The third-order valence-electron chi connectivity index (χ3n) is 4.20. The third-order valence-corrected chi connectivity index (χ3v) is 4.20. The van der Waals surface area contributed by atoms with E-state index in [2.05, 4.69) is 0 Å². The fraction of sp³-hybridized carbons (Fsp3) is 0.438. The van der Waals surface area contributed by atoms with Crippen molar-refractivity contribution in [3.8, 4) is 5.75 Å².